The van der Waals surface area contributed by atoms with E-state index in [0.29, 0.717) is 12.2 Å². The molecule has 0 amide bonds. The molecular weight excluding hydrogens is 284 g/mol. The molecule has 1 fully saturated rings. The molecule has 2 aromatic carbocycles. The summed E-state index contributed by atoms with van der Waals surface area (Å²) < 4.78 is 6.36. The Hall–Kier alpha value is -1.38. The van der Waals surface area contributed by atoms with E-state index in [4.69, 9.17) is 4.74 Å². The number of rotatable bonds is 5. The van der Waals surface area contributed by atoms with Crippen LogP contribution in [0.3, 0.4) is 0 Å². The second-order valence-electron chi connectivity index (χ2n) is 7.27. The third kappa shape index (κ3) is 4.08. The van der Waals surface area contributed by atoms with E-state index in [1.165, 1.54) is 36.1 Å². The van der Waals surface area contributed by atoms with Gasteiger partial charge in [-0.2, -0.15) is 0 Å². The summed E-state index contributed by atoms with van der Waals surface area (Å²) in [4.78, 5) is 0. The highest BCUT2D eigenvalue weighted by atomic mass is 28.3. The van der Waals surface area contributed by atoms with Crippen molar-refractivity contribution in [3.63, 3.8) is 0 Å². The molecule has 0 spiro atoms. The van der Waals surface area contributed by atoms with Crippen LogP contribution >= 0.6 is 0 Å². The second kappa shape index (κ2) is 6.80. The van der Waals surface area contributed by atoms with Gasteiger partial charge in [0.1, 0.15) is 0 Å². The molecule has 0 radical (unpaired) electrons. The first-order valence-corrected chi connectivity index (χ1v) is 11.8. The van der Waals surface area contributed by atoms with Crippen molar-refractivity contribution >= 4 is 8.07 Å². The largest absolute Gasteiger partial charge is 0.371 e. The van der Waals surface area contributed by atoms with Crippen LogP contribution in [-0.2, 0) is 10.8 Å². The third-order valence-electron chi connectivity index (χ3n) is 4.58. The lowest BCUT2D eigenvalue weighted by Gasteiger charge is -2.26. The molecule has 22 heavy (non-hydrogen) atoms. The first kappa shape index (κ1) is 15.5. The predicted molar refractivity (Wildman–Crippen MR) is 95.7 cm³/mol. The van der Waals surface area contributed by atoms with Crippen LogP contribution in [0, 0.1) is 0 Å². The minimum absolute atomic E-state index is 0.313. The Balaban J connectivity index is 1.57. The average Bonchev–Trinajstić information content (AvgIpc) is 2.96. The van der Waals surface area contributed by atoms with E-state index in [0.717, 1.165) is 0 Å². The zero-order valence-electron chi connectivity index (χ0n) is 13.7. The Morgan fingerprint density at radius 2 is 1.55 bits per heavy atom. The van der Waals surface area contributed by atoms with E-state index < -0.39 is 8.07 Å². The highest BCUT2D eigenvalue weighted by Gasteiger charge is 2.32. The lowest BCUT2D eigenvalue weighted by molar-refractivity contribution is 0.0547. The van der Waals surface area contributed by atoms with E-state index in [1.807, 2.05) is 0 Å². The van der Waals surface area contributed by atoms with Crippen LogP contribution in [0.2, 0.25) is 19.1 Å². The first-order valence-electron chi connectivity index (χ1n) is 8.37. The molecule has 0 aromatic heterocycles. The van der Waals surface area contributed by atoms with Crippen molar-refractivity contribution in [1.29, 1.82) is 0 Å². The SMILES string of the molecule is C[Si](C)(Cc1ccccc1)CC1CCC(c2ccccc2)O1. The minimum Gasteiger partial charge on any atom is -0.371 e. The molecule has 0 saturated carbocycles. The molecule has 0 N–H and O–H groups in total. The summed E-state index contributed by atoms with van der Waals surface area (Å²) in [6, 6.07) is 24.1. The van der Waals surface area contributed by atoms with Gasteiger partial charge in [0, 0.05) is 0 Å². The number of hydrogen-bond donors (Lipinski definition) is 0. The van der Waals surface area contributed by atoms with Crippen molar-refractivity contribution < 1.29 is 4.74 Å². The van der Waals surface area contributed by atoms with E-state index in [-0.39, 0.29) is 0 Å². The summed E-state index contributed by atoms with van der Waals surface area (Å²) in [5.41, 5.74) is 2.82. The fraction of sp³-hybridized carbons (Fsp3) is 0.400. The molecule has 1 nitrogen and oxygen atoms in total. The average molecular weight is 311 g/mol. The fourth-order valence-electron chi connectivity index (χ4n) is 3.61. The second-order valence-corrected chi connectivity index (χ2v) is 12.4. The first-order chi connectivity index (χ1) is 10.6. The van der Waals surface area contributed by atoms with Crippen LogP contribution in [0.25, 0.3) is 0 Å². The maximum atomic E-state index is 6.36. The van der Waals surface area contributed by atoms with Crippen molar-refractivity contribution in [3.05, 3.63) is 71.8 Å². The molecule has 2 atom stereocenters. The van der Waals surface area contributed by atoms with Gasteiger partial charge in [0.25, 0.3) is 0 Å². The van der Waals surface area contributed by atoms with Gasteiger partial charge in [0.2, 0.25) is 0 Å². The van der Waals surface area contributed by atoms with Crippen LogP contribution < -0.4 is 0 Å². The standard InChI is InChI=1S/C20H26OSi/c1-22(2,15-17-9-5-3-6-10-17)16-19-13-14-20(21-19)18-11-7-4-8-12-18/h3-12,19-20H,13-16H2,1-2H3. The van der Waals surface area contributed by atoms with E-state index >= 15 is 0 Å². The van der Waals surface area contributed by atoms with Crippen LogP contribution in [-0.4, -0.2) is 14.2 Å². The maximum Gasteiger partial charge on any atom is 0.0829 e. The van der Waals surface area contributed by atoms with Gasteiger partial charge >= 0.3 is 0 Å². The van der Waals surface area contributed by atoms with Gasteiger partial charge in [0.15, 0.2) is 0 Å². The Kier molecular flexibility index (Phi) is 4.80. The van der Waals surface area contributed by atoms with Crippen molar-refractivity contribution in [3.8, 4) is 0 Å². The summed E-state index contributed by atoms with van der Waals surface area (Å²) in [6.07, 6.45) is 3.15. The third-order valence-corrected chi connectivity index (χ3v) is 7.51. The molecule has 2 heteroatoms. The molecule has 1 saturated heterocycles. The van der Waals surface area contributed by atoms with Gasteiger partial charge in [-0.05, 0) is 30.5 Å². The summed E-state index contributed by atoms with van der Waals surface area (Å²) in [5, 5.41) is 0. The smallest absolute Gasteiger partial charge is 0.0829 e. The Bertz CT molecular complexity index is 579. The topological polar surface area (TPSA) is 9.23 Å². The zero-order valence-corrected chi connectivity index (χ0v) is 14.7. The number of ether oxygens (including phenoxy) is 1. The zero-order chi connectivity index (χ0) is 15.4. The lowest BCUT2D eigenvalue weighted by Crippen LogP contribution is -2.33. The van der Waals surface area contributed by atoms with Crippen LogP contribution in [0.15, 0.2) is 60.7 Å². The molecule has 0 aliphatic carbocycles. The summed E-state index contributed by atoms with van der Waals surface area (Å²) in [5.74, 6) is 0. The maximum absolute atomic E-state index is 6.36. The summed E-state index contributed by atoms with van der Waals surface area (Å²) >= 11 is 0. The van der Waals surface area contributed by atoms with Gasteiger partial charge < -0.3 is 4.74 Å². The lowest BCUT2D eigenvalue weighted by atomic mass is 10.1. The van der Waals surface area contributed by atoms with E-state index in [1.54, 1.807) is 0 Å². The summed E-state index contributed by atoms with van der Waals surface area (Å²) in [7, 11) is -1.26. The van der Waals surface area contributed by atoms with Crippen molar-refractivity contribution in [2.24, 2.45) is 0 Å². The van der Waals surface area contributed by atoms with Crippen molar-refractivity contribution in [1.82, 2.24) is 0 Å². The van der Waals surface area contributed by atoms with Crippen LogP contribution in [0.5, 0.6) is 0 Å². The van der Waals surface area contributed by atoms with Gasteiger partial charge in [-0.25, -0.2) is 0 Å². The van der Waals surface area contributed by atoms with Crippen molar-refractivity contribution in [2.75, 3.05) is 0 Å². The molecule has 3 rings (SSSR count). The monoisotopic (exact) mass is 310 g/mol. The van der Waals surface area contributed by atoms with Crippen molar-refractivity contribution in [2.45, 2.75) is 50.2 Å². The number of hydrogen-bond acceptors (Lipinski definition) is 1. The van der Waals surface area contributed by atoms with Gasteiger partial charge in [0.05, 0.1) is 20.3 Å². The quantitative estimate of drug-likeness (QED) is 0.672. The van der Waals surface area contributed by atoms with Crippen LogP contribution in [0.1, 0.15) is 30.1 Å². The molecule has 116 valence electrons. The number of benzene rings is 2. The normalized spacial score (nSPS) is 21.9. The van der Waals surface area contributed by atoms with Gasteiger partial charge in [-0.1, -0.05) is 79.3 Å². The molecule has 2 unspecified atom stereocenters. The van der Waals surface area contributed by atoms with Crippen LogP contribution in [0.4, 0.5) is 0 Å². The van der Waals surface area contributed by atoms with Gasteiger partial charge in [-0.3, -0.25) is 0 Å². The molecule has 1 aliphatic rings. The Labute approximate surface area is 135 Å². The van der Waals surface area contributed by atoms with Gasteiger partial charge in [-0.15, -0.1) is 0 Å². The van der Waals surface area contributed by atoms with E-state index in [2.05, 4.69) is 73.8 Å². The fourth-order valence-corrected chi connectivity index (χ4v) is 6.62. The Morgan fingerprint density at radius 1 is 0.909 bits per heavy atom. The minimum atomic E-state index is -1.26. The highest BCUT2D eigenvalue weighted by molar-refractivity contribution is 6.77. The Morgan fingerprint density at radius 3 is 2.23 bits per heavy atom. The molecule has 1 heterocycles. The molecule has 1 aliphatic heterocycles. The van der Waals surface area contributed by atoms with E-state index in [9.17, 15) is 0 Å². The molecular formula is C20H26OSi. The molecule has 2 aromatic rings. The highest BCUT2D eigenvalue weighted by Crippen LogP contribution is 2.36. The predicted octanol–water partition coefficient (Wildman–Crippen LogP) is 5.40. The molecule has 0 bridgehead atoms. The summed E-state index contributed by atoms with van der Waals surface area (Å²) in [6.45, 7) is 5.00.